The molecule has 0 bridgehead atoms. The Morgan fingerprint density at radius 1 is 0.235 bits per heavy atom. The Labute approximate surface area is 712 Å². The van der Waals surface area contributed by atoms with Crippen LogP contribution in [0.1, 0.15) is 258 Å². The number of unbranched alkanes of at least 4 members (excludes halogenated alkanes) is 15. The normalized spacial score (nSPS) is 11.1. The highest BCUT2D eigenvalue weighted by atomic mass is 79.9. The van der Waals surface area contributed by atoms with Crippen LogP contribution in [-0.2, 0) is 77.9 Å². The number of benzene rings is 10. The second-order valence-corrected chi connectivity index (χ2v) is 37.1. The van der Waals surface area contributed by atoms with Gasteiger partial charge in [0.2, 0.25) is 0 Å². The molecule has 10 aromatic rings. The number of aryl methyl sites for hydroxylation is 10. The molecule has 0 heterocycles. The molecule has 7 heteroatoms. The lowest BCUT2D eigenvalue weighted by atomic mass is 9.99. The molecule has 10 aromatic carbocycles. The van der Waals surface area contributed by atoms with E-state index in [0.717, 1.165) is 64.8 Å². The summed E-state index contributed by atoms with van der Waals surface area (Å²) in [5.41, 5.74) is 27.6. The first-order valence-electron chi connectivity index (χ1n) is 45.1. The second kappa shape index (κ2) is 59.9. The highest BCUT2D eigenvalue weighted by molar-refractivity contribution is 9.09. The molecule has 0 aliphatic heterocycles. The summed E-state index contributed by atoms with van der Waals surface area (Å²) in [5.74, 6) is 0. The standard InChI is InChI=1S/C42H54OP.C42H55P.C21H27Br.C3H8O2P/c1-3-5-7-13-35-17-25-39(26-18-35)41-29-21-37(22-30-41)15-9-11-33-44(43)34-12-10-16-38-23-31-42(32-24-38)40-27-19-36(20-28-40)14-8-6-4-2;1-3-5-7-13-35-17-25-39(26-18-35)41-29-21-37(22-30-41)15-9-11-33-43-34-12-10-16-38-23-31-42(32-24-38)40-27-19-36(20-28-40)14-8-6-4-2;1-2-3-4-7-18-9-13-20(14-10-18)21-15-11-19(12-16-21)8-5-6-17-22;1-3-5-6(2)4/h17-32H,3-16,33-34H2,1-2H3;17-32,43H,3-16,33-34H2,1-2H3;9-16H,2-8,17H2,1H3;3H2,1-2H3/q+1;;;+1. The van der Waals surface area contributed by atoms with Gasteiger partial charge in [0.25, 0.3) is 0 Å². The number of rotatable bonds is 51. The lowest BCUT2D eigenvalue weighted by Gasteiger charge is -2.07. The summed E-state index contributed by atoms with van der Waals surface area (Å²) in [7, 11) is -1.31. The van der Waals surface area contributed by atoms with Crippen LogP contribution in [-0.4, -0.2) is 43.2 Å². The predicted octanol–water partition coefficient (Wildman–Crippen LogP) is 33.4. The molecule has 0 fully saturated rings. The van der Waals surface area contributed by atoms with E-state index in [9.17, 15) is 9.13 Å². The lowest BCUT2D eigenvalue weighted by molar-refractivity contribution is 0.354. The Kier molecular flexibility index (Phi) is 49.7. The van der Waals surface area contributed by atoms with Gasteiger partial charge in [0.1, 0.15) is 12.3 Å². The first-order valence-corrected chi connectivity index (χ1v) is 50.9. The molecule has 0 saturated carbocycles. The summed E-state index contributed by atoms with van der Waals surface area (Å²) in [6.07, 6.45) is 47.9. The van der Waals surface area contributed by atoms with Crippen molar-refractivity contribution in [3.05, 3.63) is 298 Å². The van der Waals surface area contributed by atoms with E-state index >= 15 is 0 Å². The Morgan fingerprint density at radius 2 is 0.400 bits per heavy atom. The van der Waals surface area contributed by atoms with E-state index < -0.39 is 15.8 Å². The summed E-state index contributed by atoms with van der Waals surface area (Å²) in [6.45, 7) is 15.2. The molecule has 1 unspecified atom stereocenters. The molecule has 0 saturated heterocycles. The summed E-state index contributed by atoms with van der Waals surface area (Å²) >= 11 is 3.49. The topological polar surface area (TPSA) is 43.4 Å². The number of hydrogen-bond donors (Lipinski definition) is 0. The van der Waals surface area contributed by atoms with Crippen LogP contribution in [0.4, 0.5) is 0 Å². The van der Waals surface area contributed by atoms with E-state index in [4.69, 9.17) is 0 Å². The molecular formula is C108H144BrO3P3+2. The van der Waals surface area contributed by atoms with E-state index in [-0.39, 0.29) is 0 Å². The molecule has 0 spiro atoms. The van der Waals surface area contributed by atoms with Crippen LogP contribution in [0.25, 0.3) is 55.6 Å². The third kappa shape index (κ3) is 40.1. The van der Waals surface area contributed by atoms with Crippen LogP contribution >= 0.6 is 40.3 Å². The summed E-state index contributed by atoms with van der Waals surface area (Å²) in [5, 5.41) is 1.11. The van der Waals surface area contributed by atoms with Gasteiger partial charge in [-0.15, -0.1) is 13.1 Å². The van der Waals surface area contributed by atoms with Crippen molar-refractivity contribution in [1.29, 1.82) is 0 Å². The van der Waals surface area contributed by atoms with Crippen molar-refractivity contribution in [1.82, 2.24) is 0 Å². The zero-order valence-electron chi connectivity index (χ0n) is 72.1. The molecule has 1 atom stereocenters. The van der Waals surface area contributed by atoms with E-state index in [1.807, 2.05) is 6.92 Å². The largest absolute Gasteiger partial charge is 0.504 e. The molecule has 0 aromatic heterocycles. The number of hydrogen-bond acceptors (Lipinski definition) is 3. The predicted molar refractivity (Wildman–Crippen MR) is 515 cm³/mol. The van der Waals surface area contributed by atoms with Gasteiger partial charge in [-0.05, 0) is 296 Å². The second-order valence-electron chi connectivity index (χ2n) is 31.8. The van der Waals surface area contributed by atoms with Gasteiger partial charge < -0.3 is 0 Å². The Morgan fingerprint density at radius 3 is 0.548 bits per heavy atom. The van der Waals surface area contributed by atoms with Crippen LogP contribution in [0.3, 0.4) is 0 Å². The van der Waals surface area contributed by atoms with Crippen molar-refractivity contribution >= 4 is 40.3 Å². The van der Waals surface area contributed by atoms with Gasteiger partial charge >= 0.3 is 15.8 Å². The maximum atomic E-state index is 12.6. The quantitative estimate of drug-likeness (QED) is 0.0217. The van der Waals surface area contributed by atoms with Gasteiger partial charge in [0.05, 0.1) is 6.61 Å². The van der Waals surface area contributed by atoms with E-state index in [1.54, 1.807) is 6.66 Å². The number of alkyl halides is 1. The highest BCUT2D eigenvalue weighted by Crippen LogP contribution is 2.31. The lowest BCUT2D eigenvalue weighted by Crippen LogP contribution is -1.91. The Hall–Kier alpha value is -6.73. The van der Waals surface area contributed by atoms with Crippen molar-refractivity contribution in [3.63, 3.8) is 0 Å². The van der Waals surface area contributed by atoms with E-state index in [0.29, 0.717) is 6.61 Å². The Balaban J connectivity index is 0.000000241. The van der Waals surface area contributed by atoms with Gasteiger partial charge in [-0.25, -0.2) is 0 Å². The van der Waals surface area contributed by atoms with Gasteiger partial charge in [-0.3, -0.25) is 0 Å². The van der Waals surface area contributed by atoms with Crippen molar-refractivity contribution < 1.29 is 13.7 Å². The molecule has 614 valence electrons. The molecule has 0 amide bonds. The molecular weight excluding hydrogens is 1520 g/mol. The fourth-order valence-corrected chi connectivity index (χ4v) is 18.2. The maximum absolute atomic E-state index is 12.6. The molecule has 0 radical (unpaired) electrons. The van der Waals surface area contributed by atoms with Crippen LogP contribution in [0.5, 0.6) is 0 Å². The zero-order chi connectivity index (χ0) is 81.4. The molecule has 0 aliphatic rings. The third-order valence-electron chi connectivity index (χ3n) is 22.1. The van der Waals surface area contributed by atoms with Gasteiger partial charge in [-0.2, -0.15) is 0 Å². The molecule has 10 rings (SSSR count). The molecule has 0 aliphatic carbocycles. The highest BCUT2D eigenvalue weighted by Gasteiger charge is 2.15. The number of halogens is 1. The monoisotopic (exact) mass is 1660 g/mol. The fraction of sp³-hybridized carbons (Fsp3) is 0.444. The summed E-state index contributed by atoms with van der Waals surface area (Å²) in [4.78, 5) is 0. The van der Waals surface area contributed by atoms with Crippen molar-refractivity contribution in [2.75, 3.05) is 43.2 Å². The van der Waals surface area contributed by atoms with E-state index in [2.05, 4.69) is 298 Å². The fourth-order valence-electron chi connectivity index (χ4n) is 14.8. The average Bonchev–Trinajstić information content (AvgIpc) is 0.878. The first-order chi connectivity index (χ1) is 56.5. The smallest absolute Gasteiger partial charge is 0.147 e. The van der Waals surface area contributed by atoms with Crippen LogP contribution in [0, 0.1) is 0 Å². The van der Waals surface area contributed by atoms with Crippen molar-refractivity contribution in [2.45, 2.75) is 266 Å². The minimum Gasteiger partial charge on any atom is -0.147 e. The summed E-state index contributed by atoms with van der Waals surface area (Å²) in [6, 6.07) is 91.4. The minimum atomic E-state index is -1.35. The van der Waals surface area contributed by atoms with Crippen LogP contribution < -0.4 is 0 Å². The Bertz CT molecular complexity index is 3850. The van der Waals surface area contributed by atoms with E-state index in [1.165, 1.54) is 310 Å². The summed E-state index contributed by atoms with van der Waals surface area (Å²) < 4.78 is 27.1. The van der Waals surface area contributed by atoms with Crippen molar-refractivity contribution in [2.24, 2.45) is 0 Å². The molecule has 115 heavy (non-hydrogen) atoms. The zero-order valence-corrected chi connectivity index (χ0v) is 76.5. The molecule has 3 nitrogen and oxygen atoms in total. The SMILES string of the molecule is CCCCCc1ccc(-c2ccc(CCCCBr)cc2)cc1.CCCCCc1ccc(-c2ccc(CCCCPCCCCc3ccc(-c4ccc(CCCCC)cc4)cc3)cc2)cc1.CCCCCc1ccc(-c2ccc(CCCC[P+](=O)CCCCc3ccc(-c4ccc(CCCCC)cc4)cc3)cc2)cc1.CCO[P+](C)=O. The van der Waals surface area contributed by atoms with Gasteiger partial charge in [-0.1, -0.05) is 362 Å². The third-order valence-corrected chi connectivity index (χ3v) is 26.3. The van der Waals surface area contributed by atoms with Crippen molar-refractivity contribution in [3.8, 4) is 55.6 Å². The van der Waals surface area contributed by atoms with Crippen LogP contribution in [0.2, 0.25) is 0 Å². The van der Waals surface area contributed by atoms with Gasteiger partial charge in [0.15, 0.2) is 6.66 Å². The van der Waals surface area contributed by atoms with Crippen LogP contribution in [0.15, 0.2) is 243 Å². The minimum absolute atomic E-state index is 0.547. The maximum Gasteiger partial charge on any atom is 0.504 e. The molecule has 0 N–H and O–H groups in total. The average molecular weight is 1660 g/mol. The first kappa shape index (κ1) is 95.4. The van der Waals surface area contributed by atoms with Gasteiger partial charge in [0, 0.05) is 5.33 Å².